The lowest BCUT2D eigenvalue weighted by Gasteiger charge is -2.33. The van der Waals surface area contributed by atoms with Crippen LogP contribution in [0.4, 0.5) is 10.1 Å². The van der Waals surface area contributed by atoms with E-state index in [2.05, 4.69) is 5.32 Å². The van der Waals surface area contributed by atoms with Crippen LogP contribution in [0.5, 0.6) is 0 Å². The molecule has 0 saturated heterocycles. The molecule has 0 amide bonds. The molecule has 0 heterocycles. The van der Waals surface area contributed by atoms with E-state index >= 15 is 0 Å². The summed E-state index contributed by atoms with van der Waals surface area (Å²) in [5.41, 5.74) is 6.21. The number of nitrogens with one attached hydrogen (secondary N) is 1. The number of nitrogens with two attached hydrogens (primary N) is 1. The molecule has 0 aliphatic heterocycles. The van der Waals surface area contributed by atoms with Crippen LogP contribution in [0.3, 0.4) is 0 Å². The first-order chi connectivity index (χ1) is 6.25. The van der Waals surface area contributed by atoms with Crippen molar-refractivity contribution in [2.24, 2.45) is 5.73 Å². The highest BCUT2D eigenvalue weighted by Gasteiger charge is 2.25. The molecule has 14 heavy (non-hydrogen) atoms. The van der Waals surface area contributed by atoms with Gasteiger partial charge >= 0.3 is 0 Å². The Bertz CT molecular complexity index is 300. The predicted octanol–water partition coefficient (Wildman–Crippen LogP) is 2.15. The standard InChI is InChI=1S/C10H13FN2.ClH/c11-9-3-1-2-4-10(9)13-8-5-7(12)6-8;/h1-4,7-8,13H,5-6,12H2;1H. The summed E-state index contributed by atoms with van der Waals surface area (Å²) < 4.78 is 13.1. The number of hydrogen-bond donors (Lipinski definition) is 2. The van der Waals surface area contributed by atoms with Crippen molar-refractivity contribution in [1.29, 1.82) is 0 Å². The van der Waals surface area contributed by atoms with Gasteiger partial charge in [0.2, 0.25) is 0 Å². The molecule has 3 N–H and O–H groups in total. The van der Waals surface area contributed by atoms with Gasteiger partial charge in [0, 0.05) is 12.1 Å². The SMILES string of the molecule is Cl.NC1CC(Nc2ccccc2F)C1. The minimum absolute atomic E-state index is 0. The van der Waals surface area contributed by atoms with E-state index in [0.29, 0.717) is 17.8 Å². The summed E-state index contributed by atoms with van der Waals surface area (Å²) in [5.74, 6) is -0.192. The normalized spacial score (nSPS) is 24.7. The van der Waals surface area contributed by atoms with E-state index in [-0.39, 0.29) is 18.2 Å². The van der Waals surface area contributed by atoms with Gasteiger partial charge < -0.3 is 11.1 Å². The van der Waals surface area contributed by atoms with E-state index in [1.165, 1.54) is 6.07 Å². The summed E-state index contributed by atoms with van der Waals surface area (Å²) in [4.78, 5) is 0. The Morgan fingerprint density at radius 2 is 1.93 bits per heavy atom. The molecule has 2 rings (SSSR count). The molecule has 1 aliphatic rings. The highest BCUT2D eigenvalue weighted by atomic mass is 35.5. The van der Waals surface area contributed by atoms with Crippen LogP contribution < -0.4 is 11.1 Å². The maximum atomic E-state index is 13.1. The van der Waals surface area contributed by atoms with Gasteiger partial charge in [-0.1, -0.05) is 12.1 Å². The van der Waals surface area contributed by atoms with Crippen LogP contribution >= 0.6 is 12.4 Å². The molecule has 1 fully saturated rings. The van der Waals surface area contributed by atoms with Crippen molar-refractivity contribution in [2.45, 2.75) is 24.9 Å². The summed E-state index contributed by atoms with van der Waals surface area (Å²) in [6.07, 6.45) is 1.88. The first-order valence-corrected chi connectivity index (χ1v) is 4.52. The predicted molar refractivity (Wildman–Crippen MR) is 58.3 cm³/mol. The quantitative estimate of drug-likeness (QED) is 0.795. The summed E-state index contributed by atoms with van der Waals surface area (Å²) >= 11 is 0. The number of para-hydroxylation sites is 1. The van der Waals surface area contributed by atoms with Gasteiger partial charge in [0.15, 0.2) is 0 Å². The van der Waals surface area contributed by atoms with Crippen LogP contribution in [0.15, 0.2) is 24.3 Å². The van der Waals surface area contributed by atoms with Crippen LogP contribution in [-0.4, -0.2) is 12.1 Å². The summed E-state index contributed by atoms with van der Waals surface area (Å²) in [7, 11) is 0. The van der Waals surface area contributed by atoms with Crippen molar-refractivity contribution < 1.29 is 4.39 Å². The largest absolute Gasteiger partial charge is 0.380 e. The van der Waals surface area contributed by atoms with E-state index in [1.807, 2.05) is 6.07 Å². The zero-order valence-electron chi connectivity index (χ0n) is 7.74. The topological polar surface area (TPSA) is 38.0 Å². The van der Waals surface area contributed by atoms with Crippen molar-refractivity contribution in [3.8, 4) is 0 Å². The molecule has 0 spiro atoms. The Kier molecular flexibility index (Phi) is 3.72. The monoisotopic (exact) mass is 216 g/mol. The van der Waals surface area contributed by atoms with Crippen molar-refractivity contribution in [2.75, 3.05) is 5.32 Å². The van der Waals surface area contributed by atoms with Gasteiger partial charge in [-0.2, -0.15) is 0 Å². The molecule has 0 aromatic heterocycles. The summed E-state index contributed by atoms with van der Waals surface area (Å²) in [6.45, 7) is 0. The Labute approximate surface area is 89.1 Å². The van der Waals surface area contributed by atoms with E-state index in [9.17, 15) is 4.39 Å². The first-order valence-electron chi connectivity index (χ1n) is 4.52. The van der Waals surface area contributed by atoms with Crippen molar-refractivity contribution in [3.63, 3.8) is 0 Å². The second-order valence-electron chi connectivity index (χ2n) is 3.55. The number of benzene rings is 1. The number of rotatable bonds is 2. The lowest BCUT2D eigenvalue weighted by atomic mass is 9.87. The third-order valence-electron chi connectivity index (χ3n) is 2.41. The van der Waals surface area contributed by atoms with Gasteiger partial charge in [0.25, 0.3) is 0 Å². The molecule has 1 saturated carbocycles. The van der Waals surface area contributed by atoms with E-state index in [4.69, 9.17) is 5.73 Å². The summed E-state index contributed by atoms with van der Waals surface area (Å²) in [5, 5.41) is 3.12. The molecule has 4 heteroatoms. The van der Waals surface area contributed by atoms with Crippen molar-refractivity contribution in [3.05, 3.63) is 30.1 Å². The van der Waals surface area contributed by atoms with Crippen molar-refractivity contribution in [1.82, 2.24) is 0 Å². The fourth-order valence-corrected chi connectivity index (χ4v) is 1.58. The molecule has 78 valence electrons. The van der Waals surface area contributed by atoms with Gasteiger partial charge in [0.05, 0.1) is 5.69 Å². The fourth-order valence-electron chi connectivity index (χ4n) is 1.58. The molecule has 0 unspecified atom stereocenters. The maximum absolute atomic E-state index is 13.1. The minimum Gasteiger partial charge on any atom is -0.380 e. The number of anilines is 1. The number of hydrogen-bond acceptors (Lipinski definition) is 2. The lowest BCUT2D eigenvalue weighted by molar-refractivity contribution is 0.372. The Hall–Kier alpha value is -0.800. The highest BCUT2D eigenvalue weighted by Crippen LogP contribution is 2.23. The fraction of sp³-hybridized carbons (Fsp3) is 0.400. The molecule has 0 atom stereocenters. The second-order valence-corrected chi connectivity index (χ2v) is 3.55. The van der Waals surface area contributed by atoms with E-state index in [1.54, 1.807) is 12.1 Å². The lowest BCUT2D eigenvalue weighted by Crippen LogP contribution is -2.44. The van der Waals surface area contributed by atoms with Crippen LogP contribution in [0.1, 0.15) is 12.8 Å². The average molecular weight is 217 g/mol. The molecule has 1 aliphatic carbocycles. The Morgan fingerprint density at radius 1 is 1.29 bits per heavy atom. The smallest absolute Gasteiger partial charge is 0.146 e. The molecule has 2 nitrogen and oxygen atoms in total. The first kappa shape index (κ1) is 11.3. The van der Waals surface area contributed by atoms with Crippen LogP contribution in [0.25, 0.3) is 0 Å². The molecule has 1 aromatic rings. The van der Waals surface area contributed by atoms with Gasteiger partial charge in [-0.3, -0.25) is 0 Å². The molecule has 0 radical (unpaired) electrons. The van der Waals surface area contributed by atoms with E-state index < -0.39 is 0 Å². The minimum atomic E-state index is -0.192. The second kappa shape index (κ2) is 4.62. The molecular weight excluding hydrogens is 203 g/mol. The van der Waals surface area contributed by atoms with Gasteiger partial charge in [-0.15, -0.1) is 12.4 Å². The third-order valence-corrected chi connectivity index (χ3v) is 2.41. The van der Waals surface area contributed by atoms with Gasteiger partial charge in [-0.25, -0.2) is 4.39 Å². The zero-order chi connectivity index (χ0) is 9.26. The molecule has 1 aromatic carbocycles. The van der Waals surface area contributed by atoms with Crippen LogP contribution in [-0.2, 0) is 0 Å². The number of halogens is 2. The third kappa shape index (κ3) is 2.36. The highest BCUT2D eigenvalue weighted by molar-refractivity contribution is 5.85. The molecular formula is C10H14ClFN2. The maximum Gasteiger partial charge on any atom is 0.146 e. The van der Waals surface area contributed by atoms with Gasteiger partial charge in [0.1, 0.15) is 5.82 Å². The van der Waals surface area contributed by atoms with E-state index in [0.717, 1.165) is 12.8 Å². The Balaban J connectivity index is 0.000000980. The molecule has 0 bridgehead atoms. The average Bonchev–Trinajstić information content (AvgIpc) is 2.06. The Morgan fingerprint density at radius 3 is 2.50 bits per heavy atom. The van der Waals surface area contributed by atoms with Gasteiger partial charge in [-0.05, 0) is 25.0 Å². The zero-order valence-corrected chi connectivity index (χ0v) is 8.56. The van der Waals surface area contributed by atoms with Crippen LogP contribution in [0, 0.1) is 5.82 Å². The van der Waals surface area contributed by atoms with Crippen LogP contribution in [0.2, 0.25) is 0 Å². The summed E-state index contributed by atoms with van der Waals surface area (Å²) in [6, 6.07) is 7.37. The van der Waals surface area contributed by atoms with Crippen molar-refractivity contribution >= 4 is 18.1 Å².